The standard InChI is InChI=1S/C17H30FN3O4/c1-5-6-8-11(13(18)15(23)20-25)16(24)21-10-7-9-12(21)14(22)19-17(2,3)4/h11-13,25H,5-10H2,1-4H3,(H,19,22)(H,20,23). The van der Waals surface area contributed by atoms with Crippen LogP contribution in [0.1, 0.15) is 59.8 Å². The summed E-state index contributed by atoms with van der Waals surface area (Å²) in [7, 11) is 0. The molecule has 1 heterocycles. The number of unbranched alkanes of at least 4 members (excludes halogenated alkanes) is 1. The van der Waals surface area contributed by atoms with Gasteiger partial charge < -0.3 is 10.2 Å². The van der Waals surface area contributed by atoms with Crippen molar-refractivity contribution in [1.82, 2.24) is 15.7 Å². The molecule has 0 radical (unpaired) electrons. The molecule has 0 saturated carbocycles. The van der Waals surface area contributed by atoms with Crippen molar-refractivity contribution in [2.75, 3.05) is 6.54 Å². The minimum Gasteiger partial charge on any atom is -0.350 e. The van der Waals surface area contributed by atoms with E-state index in [1.165, 1.54) is 10.4 Å². The largest absolute Gasteiger partial charge is 0.350 e. The van der Waals surface area contributed by atoms with Gasteiger partial charge in [0.2, 0.25) is 11.8 Å². The summed E-state index contributed by atoms with van der Waals surface area (Å²) in [4.78, 5) is 38.1. The number of alkyl halides is 1. The molecule has 0 spiro atoms. The third-order valence-corrected chi connectivity index (χ3v) is 4.24. The lowest BCUT2D eigenvalue weighted by molar-refractivity contribution is -0.149. The van der Waals surface area contributed by atoms with Gasteiger partial charge in [-0.1, -0.05) is 19.8 Å². The number of halogens is 1. The highest BCUT2D eigenvalue weighted by Gasteiger charge is 2.42. The van der Waals surface area contributed by atoms with Gasteiger partial charge in [0.05, 0.1) is 5.92 Å². The van der Waals surface area contributed by atoms with Crippen LogP contribution in [0.15, 0.2) is 0 Å². The van der Waals surface area contributed by atoms with E-state index in [0.29, 0.717) is 25.8 Å². The van der Waals surface area contributed by atoms with Crippen LogP contribution in [0, 0.1) is 5.92 Å². The Morgan fingerprint density at radius 2 is 1.96 bits per heavy atom. The second kappa shape index (κ2) is 9.12. The molecule has 3 atom stereocenters. The highest BCUT2D eigenvalue weighted by molar-refractivity contribution is 5.92. The van der Waals surface area contributed by atoms with Gasteiger partial charge in [0, 0.05) is 12.1 Å². The molecule has 0 aromatic rings. The second-order valence-corrected chi connectivity index (χ2v) is 7.56. The first-order valence-electron chi connectivity index (χ1n) is 8.83. The number of carbonyl (C=O) groups is 3. The number of carbonyl (C=O) groups excluding carboxylic acids is 3. The maximum Gasteiger partial charge on any atom is 0.278 e. The van der Waals surface area contributed by atoms with Crippen LogP contribution in [0.4, 0.5) is 4.39 Å². The van der Waals surface area contributed by atoms with Crippen molar-refractivity contribution in [1.29, 1.82) is 0 Å². The molecule has 1 rings (SSSR count). The first-order chi connectivity index (χ1) is 11.6. The molecule has 1 saturated heterocycles. The molecule has 3 unspecified atom stereocenters. The maximum absolute atomic E-state index is 14.4. The zero-order valence-corrected chi connectivity index (χ0v) is 15.5. The number of amides is 3. The number of nitrogens with zero attached hydrogens (tertiary/aromatic N) is 1. The van der Waals surface area contributed by atoms with Crippen LogP contribution < -0.4 is 10.8 Å². The third kappa shape index (κ3) is 5.95. The first kappa shape index (κ1) is 21.3. The molecule has 1 aliphatic rings. The Morgan fingerprint density at radius 3 is 2.48 bits per heavy atom. The summed E-state index contributed by atoms with van der Waals surface area (Å²) < 4.78 is 14.4. The van der Waals surface area contributed by atoms with E-state index in [1.54, 1.807) is 0 Å². The van der Waals surface area contributed by atoms with Crippen LogP contribution in [0.5, 0.6) is 0 Å². The topological polar surface area (TPSA) is 98.7 Å². The van der Waals surface area contributed by atoms with E-state index in [4.69, 9.17) is 5.21 Å². The number of hydrogen-bond acceptors (Lipinski definition) is 4. The molecule has 0 aromatic carbocycles. The normalized spacial score (nSPS) is 20.1. The lowest BCUT2D eigenvalue weighted by atomic mass is 9.94. The molecule has 3 amide bonds. The third-order valence-electron chi connectivity index (χ3n) is 4.24. The lowest BCUT2D eigenvalue weighted by Gasteiger charge is -2.31. The van der Waals surface area contributed by atoms with E-state index in [1.807, 2.05) is 27.7 Å². The number of hydroxylamine groups is 1. The Hall–Kier alpha value is -1.70. The predicted octanol–water partition coefficient (Wildman–Crippen LogP) is 1.54. The van der Waals surface area contributed by atoms with Crippen LogP contribution in [-0.4, -0.2) is 52.1 Å². The number of hydrogen-bond donors (Lipinski definition) is 3. The van der Waals surface area contributed by atoms with E-state index in [0.717, 1.165) is 6.42 Å². The fourth-order valence-electron chi connectivity index (χ4n) is 3.03. The Morgan fingerprint density at radius 1 is 1.32 bits per heavy atom. The summed E-state index contributed by atoms with van der Waals surface area (Å²) in [5.74, 6) is -3.25. The average molecular weight is 359 g/mol. The average Bonchev–Trinajstić information content (AvgIpc) is 3.02. The Kier molecular flexibility index (Phi) is 7.79. The quantitative estimate of drug-likeness (QED) is 0.474. The second-order valence-electron chi connectivity index (χ2n) is 7.56. The fourth-order valence-corrected chi connectivity index (χ4v) is 3.03. The van der Waals surface area contributed by atoms with Crippen molar-refractivity contribution in [2.45, 2.75) is 77.6 Å². The maximum atomic E-state index is 14.4. The van der Waals surface area contributed by atoms with Gasteiger partial charge in [-0.25, -0.2) is 9.87 Å². The van der Waals surface area contributed by atoms with Crippen molar-refractivity contribution in [2.24, 2.45) is 5.92 Å². The van der Waals surface area contributed by atoms with E-state index < -0.39 is 35.5 Å². The zero-order chi connectivity index (χ0) is 19.2. The van der Waals surface area contributed by atoms with Crippen LogP contribution in [-0.2, 0) is 14.4 Å². The van der Waals surface area contributed by atoms with Gasteiger partial charge in [-0.15, -0.1) is 0 Å². The van der Waals surface area contributed by atoms with Crippen molar-refractivity contribution < 1.29 is 24.0 Å². The Bertz CT molecular complexity index is 493. The monoisotopic (exact) mass is 359 g/mol. The fraction of sp³-hybridized carbons (Fsp3) is 0.824. The van der Waals surface area contributed by atoms with Crippen molar-refractivity contribution >= 4 is 17.7 Å². The summed E-state index contributed by atoms with van der Waals surface area (Å²) in [5, 5.41) is 11.5. The van der Waals surface area contributed by atoms with Crippen molar-refractivity contribution in [3.8, 4) is 0 Å². The zero-order valence-electron chi connectivity index (χ0n) is 15.5. The molecule has 0 aromatic heterocycles. The van der Waals surface area contributed by atoms with Gasteiger partial charge in [0.15, 0.2) is 6.17 Å². The van der Waals surface area contributed by atoms with Gasteiger partial charge in [-0.2, -0.15) is 0 Å². The predicted molar refractivity (Wildman–Crippen MR) is 90.5 cm³/mol. The van der Waals surface area contributed by atoms with Crippen LogP contribution in [0.2, 0.25) is 0 Å². The molecule has 0 aliphatic carbocycles. The number of likely N-dealkylation sites (tertiary alicyclic amines) is 1. The summed E-state index contributed by atoms with van der Waals surface area (Å²) in [6, 6.07) is -0.653. The molecule has 1 fully saturated rings. The molecule has 8 heteroatoms. The summed E-state index contributed by atoms with van der Waals surface area (Å²) in [6.45, 7) is 7.80. The van der Waals surface area contributed by atoms with Crippen LogP contribution >= 0.6 is 0 Å². The molecule has 0 bridgehead atoms. The molecule has 3 N–H and O–H groups in total. The van der Waals surface area contributed by atoms with E-state index in [9.17, 15) is 18.8 Å². The Labute approximate surface area is 148 Å². The highest BCUT2D eigenvalue weighted by atomic mass is 19.1. The summed E-state index contributed by atoms with van der Waals surface area (Å²) in [5.41, 5.74) is 0.833. The minimum absolute atomic E-state index is 0.189. The molecule has 7 nitrogen and oxygen atoms in total. The van der Waals surface area contributed by atoms with Gasteiger partial charge in [-0.05, 0) is 40.0 Å². The van der Waals surface area contributed by atoms with Crippen molar-refractivity contribution in [3.05, 3.63) is 0 Å². The SMILES string of the molecule is CCCCC(C(=O)N1CCCC1C(=O)NC(C)(C)C)C(F)C(=O)NO. The van der Waals surface area contributed by atoms with Crippen molar-refractivity contribution in [3.63, 3.8) is 0 Å². The van der Waals surface area contributed by atoms with Crippen LogP contribution in [0.3, 0.4) is 0 Å². The lowest BCUT2D eigenvalue weighted by Crippen LogP contribution is -2.53. The number of nitrogens with one attached hydrogen (secondary N) is 2. The molecule has 144 valence electrons. The Balaban J connectivity index is 2.93. The van der Waals surface area contributed by atoms with Gasteiger partial charge >= 0.3 is 0 Å². The molecule has 25 heavy (non-hydrogen) atoms. The molecule has 1 aliphatic heterocycles. The van der Waals surface area contributed by atoms with E-state index in [-0.39, 0.29) is 12.3 Å². The van der Waals surface area contributed by atoms with E-state index in [2.05, 4.69) is 5.32 Å². The van der Waals surface area contributed by atoms with Gasteiger partial charge in [0.25, 0.3) is 5.91 Å². The molecular formula is C17H30FN3O4. The smallest absolute Gasteiger partial charge is 0.278 e. The molecular weight excluding hydrogens is 329 g/mol. The first-order valence-corrected chi connectivity index (χ1v) is 8.83. The van der Waals surface area contributed by atoms with Gasteiger partial charge in [0.1, 0.15) is 6.04 Å². The van der Waals surface area contributed by atoms with E-state index >= 15 is 0 Å². The minimum atomic E-state index is -2.14. The highest BCUT2D eigenvalue weighted by Crippen LogP contribution is 2.26. The van der Waals surface area contributed by atoms with Gasteiger partial charge in [-0.3, -0.25) is 19.6 Å². The number of rotatable bonds is 7. The summed E-state index contributed by atoms with van der Waals surface area (Å²) in [6.07, 6.45) is 0.520. The van der Waals surface area contributed by atoms with Crippen LogP contribution in [0.25, 0.3) is 0 Å². The summed E-state index contributed by atoms with van der Waals surface area (Å²) >= 11 is 0.